The van der Waals surface area contributed by atoms with Crippen LogP contribution in [0, 0.1) is 17.2 Å². The number of nitrogens with zero attached hydrogens (tertiary/aromatic N) is 5. The van der Waals surface area contributed by atoms with Crippen LogP contribution < -0.4 is 5.32 Å². The second-order valence-electron chi connectivity index (χ2n) is 12.7. The van der Waals surface area contributed by atoms with Crippen LogP contribution in [0.5, 0.6) is 0 Å². The van der Waals surface area contributed by atoms with E-state index in [-0.39, 0.29) is 23.7 Å². The van der Waals surface area contributed by atoms with Crippen LogP contribution in [-0.4, -0.2) is 68.3 Å². The molecule has 0 bridgehead atoms. The van der Waals surface area contributed by atoms with Gasteiger partial charge in [-0.15, -0.1) is 0 Å². The summed E-state index contributed by atoms with van der Waals surface area (Å²) in [7, 11) is 0. The first kappa shape index (κ1) is 31.4. The number of carbonyl (C=O) groups is 3. The maximum Gasteiger partial charge on any atom is 0.410 e. The molecule has 2 aliphatic rings. The molecule has 3 aromatic rings. The van der Waals surface area contributed by atoms with E-state index in [1.165, 1.54) is 6.08 Å². The summed E-state index contributed by atoms with van der Waals surface area (Å²) in [6.45, 7) is 6.99. The van der Waals surface area contributed by atoms with Crippen molar-refractivity contribution >= 4 is 17.8 Å². The summed E-state index contributed by atoms with van der Waals surface area (Å²) in [4.78, 5) is 52.5. The molecule has 0 spiro atoms. The van der Waals surface area contributed by atoms with Crippen LogP contribution in [0.4, 0.5) is 4.79 Å². The maximum atomic E-state index is 14.6. The molecule has 2 amide bonds. The van der Waals surface area contributed by atoms with Crippen LogP contribution >= 0.6 is 0 Å². The topological polar surface area (TPSA) is 129 Å². The molecule has 0 atom stereocenters. The molecule has 1 aromatic carbocycles. The van der Waals surface area contributed by atoms with Gasteiger partial charge in [-0.1, -0.05) is 0 Å². The SMILES string of the molecule is CC(C)(C)OC(=O)N1CCC(CN2C(=O)C(Cc3ccncc3)(Cc3ccncc3)NC2=CC(=O)c2ccc(C#N)cc2)CC1. The first-order chi connectivity index (χ1) is 21.5. The quantitative estimate of drug-likeness (QED) is 0.289. The van der Waals surface area contributed by atoms with Crippen molar-refractivity contribution in [3.05, 3.63) is 107 Å². The summed E-state index contributed by atoms with van der Waals surface area (Å²) in [5, 5.41) is 12.7. The molecule has 1 N–H and O–H groups in total. The van der Waals surface area contributed by atoms with Gasteiger partial charge >= 0.3 is 6.09 Å². The zero-order valence-corrected chi connectivity index (χ0v) is 25.9. The predicted molar refractivity (Wildman–Crippen MR) is 168 cm³/mol. The molecular formula is C35H38N6O4. The first-order valence-electron chi connectivity index (χ1n) is 15.2. The number of hydrogen-bond donors (Lipinski definition) is 1. The van der Waals surface area contributed by atoms with E-state index in [1.807, 2.05) is 45.0 Å². The van der Waals surface area contributed by atoms with Gasteiger partial charge in [0.2, 0.25) is 0 Å². The number of hydrogen-bond acceptors (Lipinski definition) is 8. The number of likely N-dealkylation sites (tertiary alicyclic amines) is 1. The molecule has 232 valence electrons. The lowest BCUT2D eigenvalue weighted by molar-refractivity contribution is -0.132. The first-order valence-corrected chi connectivity index (χ1v) is 15.2. The molecule has 0 unspecified atom stereocenters. The summed E-state index contributed by atoms with van der Waals surface area (Å²) < 4.78 is 5.56. The Hall–Kier alpha value is -5.04. The van der Waals surface area contributed by atoms with Crippen molar-refractivity contribution in [1.82, 2.24) is 25.1 Å². The average Bonchev–Trinajstić information content (AvgIpc) is 3.26. The van der Waals surface area contributed by atoms with Crippen molar-refractivity contribution < 1.29 is 19.1 Å². The van der Waals surface area contributed by atoms with E-state index in [1.54, 1.807) is 58.9 Å². The Labute approximate surface area is 263 Å². The number of nitriles is 1. The number of amides is 2. The summed E-state index contributed by atoms with van der Waals surface area (Å²) in [5.41, 5.74) is 1.12. The molecule has 45 heavy (non-hydrogen) atoms. The monoisotopic (exact) mass is 606 g/mol. The van der Waals surface area contributed by atoms with Gasteiger partial charge < -0.3 is 15.0 Å². The van der Waals surface area contributed by atoms with Crippen LogP contribution in [0.25, 0.3) is 0 Å². The Morgan fingerprint density at radius 3 is 2.04 bits per heavy atom. The van der Waals surface area contributed by atoms with Crippen LogP contribution in [-0.2, 0) is 22.4 Å². The van der Waals surface area contributed by atoms with E-state index >= 15 is 0 Å². The third-order valence-electron chi connectivity index (χ3n) is 8.10. The van der Waals surface area contributed by atoms with E-state index in [2.05, 4.69) is 21.4 Å². The van der Waals surface area contributed by atoms with E-state index in [4.69, 9.17) is 4.74 Å². The fourth-order valence-corrected chi connectivity index (χ4v) is 5.83. The Kier molecular flexibility index (Phi) is 9.28. The van der Waals surface area contributed by atoms with Crippen LogP contribution in [0.3, 0.4) is 0 Å². The van der Waals surface area contributed by atoms with Gasteiger partial charge in [-0.2, -0.15) is 5.26 Å². The number of pyridine rings is 2. The fraction of sp³-hybridized carbons (Fsp3) is 0.371. The Balaban J connectivity index is 1.45. The van der Waals surface area contributed by atoms with Gasteiger partial charge in [-0.25, -0.2) is 4.79 Å². The molecule has 2 aromatic heterocycles. The zero-order valence-electron chi connectivity index (χ0n) is 25.9. The fourth-order valence-electron chi connectivity index (χ4n) is 5.83. The molecule has 4 heterocycles. The smallest absolute Gasteiger partial charge is 0.410 e. The van der Waals surface area contributed by atoms with Crippen molar-refractivity contribution in [3.63, 3.8) is 0 Å². The third kappa shape index (κ3) is 7.73. The lowest BCUT2D eigenvalue weighted by Gasteiger charge is -2.35. The number of aromatic nitrogens is 2. The highest BCUT2D eigenvalue weighted by Gasteiger charge is 2.49. The summed E-state index contributed by atoms with van der Waals surface area (Å²) in [6.07, 6.45) is 10.1. The number of nitrogens with one attached hydrogen (secondary N) is 1. The Bertz CT molecular complexity index is 1540. The van der Waals surface area contributed by atoms with E-state index in [0.717, 1.165) is 11.1 Å². The lowest BCUT2D eigenvalue weighted by Crippen LogP contribution is -2.51. The van der Waals surface area contributed by atoms with Gasteiger partial charge in [0.25, 0.3) is 5.91 Å². The summed E-state index contributed by atoms with van der Waals surface area (Å²) in [5.74, 6) is 0.153. The molecule has 0 radical (unpaired) electrons. The molecular weight excluding hydrogens is 568 g/mol. The Morgan fingerprint density at radius 1 is 0.978 bits per heavy atom. The zero-order chi connectivity index (χ0) is 32.0. The van der Waals surface area contributed by atoms with Crippen LogP contribution in [0.15, 0.2) is 85.2 Å². The number of piperidine rings is 1. The normalized spacial score (nSPS) is 17.6. The van der Waals surface area contributed by atoms with Crippen molar-refractivity contribution in [3.8, 4) is 6.07 Å². The van der Waals surface area contributed by atoms with Gasteiger partial charge in [0.05, 0.1) is 11.6 Å². The van der Waals surface area contributed by atoms with E-state index < -0.39 is 11.1 Å². The highest BCUT2D eigenvalue weighted by atomic mass is 16.6. The number of rotatable bonds is 8. The second-order valence-corrected chi connectivity index (χ2v) is 12.7. The third-order valence-corrected chi connectivity index (χ3v) is 8.10. The van der Waals surface area contributed by atoms with Gasteiger partial charge in [0.1, 0.15) is 17.0 Å². The Morgan fingerprint density at radius 2 is 1.53 bits per heavy atom. The highest BCUT2D eigenvalue weighted by molar-refractivity contribution is 6.06. The van der Waals surface area contributed by atoms with Crippen molar-refractivity contribution in [2.45, 2.75) is 57.6 Å². The van der Waals surface area contributed by atoms with E-state index in [0.29, 0.717) is 62.3 Å². The molecule has 0 aliphatic carbocycles. The van der Waals surface area contributed by atoms with Gasteiger partial charge in [0, 0.05) is 68.9 Å². The van der Waals surface area contributed by atoms with Gasteiger partial charge in [-0.05, 0) is 99.2 Å². The van der Waals surface area contributed by atoms with E-state index in [9.17, 15) is 19.6 Å². The minimum Gasteiger partial charge on any atom is -0.444 e. The van der Waals surface area contributed by atoms with Gasteiger partial charge in [0.15, 0.2) is 5.78 Å². The largest absolute Gasteiger partial charge is 0.444 e. The number of ketones is 1. The standard InChI is InChI=1S/C35H38N6O4/c1-34(2,3)45-33(44)40-18-12-28(13-19-40)24-41-31(20-30(42)29-6-4-27(23-36)5-7-29)39-35(32(41)43,21-25-8-14-37-15-9-25)22-26-10-16-38-17-11-26/h4-11,14-17,20,28,39H,12-13,18-19,21-22,24H2,1-3H3. The van der Waals surface area contributed by atoms with Crippen LogP contribution in [0.1, 0.15) is 60.7 Å². The van der Waals surface area contributed by atoms with Crippen LogP contribution in [0.2, 0.25) is 0 Å². The molecule has 10 nitrogen and oxygen atoms in total. The van der Waals surface area contributed by atoms with Crippen molar-refractivity contribution in [2.75, 3.05) is 19.6 Å². The number of ether oxygens (including phenoxy) is 1. The summed E-state index contributed by atoms with van der Waals surface area (Å²) >= 11 is 0. The molecule has 2 fully saturated rings. The average molecular weight is 607 g/mol. The highest BCUT2D eigenvalue weighted by Crippen LogP contribution is 2.33. The van der Waals surface area contributed by atoms with Crippen molar-refractivity contribution in [1.29, 1.82) is 5.26 Å². The van der Waals surface area contributed by atoms with Crippen molar-refractivity contribution in [2.24, 2.45) is 5.92 Å². The lowest BCUT2D eigenvalue weighted by atomic mass is 9.84. The number of carbonyl (C=O) groups excluding carboxylic acids is 3. The summed E-state index contributed by atoms with van der Waals surface area (Å²) in [6, 6.07) is 16.1. The molecule has 0 saturated carbocycles. The van der Waals surface area contributed by atoms with Gasteiger partial charge in [-0.3, -0.25) is 24.5 Å². The molecule has 5 rings (SSSR count). The maximum absolute atomic E-state index is 14.6. The minimum atomic E-state index is -1.06. The minimum absolute atomic E-state index is 0.112. The molecule has 2 aliphatic heterocycles. The molecule has 10 heteroatoms. The second kappa shape index (κ2) is 13.3. The molecule has 2 saturated heterocycles. The number of benzene rings is 1. The predicted octanol–water partition coefficient (Wildman–Crippen LogP) is 4.68. The number of allylic oxidation sites excluding steroid dienone is 1.